The van der Waals surface area contributed by atoms with Crippen LogP contribution in [0.5, 0.6) is 0 Å². The van der Waals surface area contributed by atoms with Crippen LogP contribution < -0.4 is 0 Å². The second kappa shape index (κ2) is 8.35. The number of rotatable bonds is 7. The first kappa shape index (κ1) is 19.8. The number of ether oxygens (including phenoxy) is 2. The van der Waals surface area contributed by atoms with E-state index in [0.29, 0.717) is 18.6 Å². The van der Waals surface area contributed by atoms with Gasteiger partial charge in [-0.1, -0.05) is 23.8 Å². The lowest BCUT2D eigenvalue weighted by Crippen LogP contribution is -2.31. The summed E-state index contributed by atoms with van der Waals surface area (Å²) in [6, 6.07) is 10.4. The van der Waals surface area contributed by atoms with E-state index in [-0.39, 0.29) is 36.1 Å². The van der Waals surface area contributed by atoms with E-state index in [1.165, 1.54) is 23.1 Å². The van der Waals surface area contributed by atoms with Crippen LogP contribution in [0.25, 0.3) is 0 Å². The van der Waals surface area contributed by atoms with E-state index in [2.05, 4.69) is 0 Å². The number of carbonyl (C=O) groups is 3. The normalized spacial score (nSPS) is 13.0. The minimum atomic E-state index is -0.526. The molecule has 2 aromatic carbocycles. The number of methoxy groups -OCH3 is 1. The number of hydrogen-bond acceptors (Lipinski definition) is 5. The maximum Gasteiger partial charge on any atom is 0.338 e. The van der Waals surface area contributed by atoms with Gasteiger partial charge in [-0.2, -0.15) is 0 Å². The smallest absolute Gasteiger partial charge is 0.338 e. The van der Waals surface area contributed by atoms with Crippen LogP contribution in [0.2, 0.25) is 0 Å². The first-order valence-corrected chi connectivity index (χ1v) is 9.15. The maximum atomic E-state index is 12.5. The summed E-state index contributed by atoms with van der Waals surface area (Å²) >= 11 is 0. The quantitative estimate of drug-likeness (QED) is 0.418. The minimum absolute atomic E-state index is 0.152. The first-order valence-electron chi connectivity index (χ1n) is 9.15. The van der Waals surface area contributed by atoms with Crippen molar-refractivity contribution in [1.29, 1.82) is 0 Å². The maximum absolute atomic E-state index is 12.5. The van der Waals surface area contributed by atoms with E-state index < -0.39 is 5.97 Å². The van der Waals surface area contributed by atoms with E-state index in [0.717, 1.165) is 16.7 Å². The monoisotopic (exact) mass is 381 g/mol. The fourth-order valence-electron chi connectivity index (χ4n) is 3.17. The number of fused-ring (bicyclic) bond motifs is 1. The molecule has 0 bridgehead atoms. The van der Waals surface area contributed by atoms with Gasteiger partial charge < -0.3 is 9.47 Å². The molecule has 3 rings (SSSR count). The van der Waals surface area contributed by atoms with Crippen molar-refractivity contribution in [2.45, 2.75) is 26.9 Å². The van der Waals surface area contributed by atoms with Crippen molar-refractivity contribution >= 4 is 17.8 Å². The average Bonchev–Trinajstić information content (AvgIpc) is 2.93. The highest BCUT2D eigenvalue weighted by molar-refractivity contribution is 6.21. The Morgan fingerprint density at radius 3 is 2.50 bits per heavy atom. The van der Waals surface area contributed by atoms with E-state index >= 15 is 0 Å². The Bertz CT molecular complexity index is 935. The predicted octanol–water partition coefficient (Wildman–Crippen LogP) is 3.29. The van der Waals surface area contributed by atoms with Crippen molar-refractivity contribution < 1.29 is 23.9 Å². The average molecular weight is 381 g/mol. The highest BCUT2D eigenvalue weighted by atomic mass is 16.5. The molecule has 0 fully saturated rings. The van der Waals surface area contributed by atoms with Crippen LogP contribution in [0.15, 0.2) is 36.4 Å². The molecule has 1 aliphatic heterocycles. The van der Waals surface area contributed by atoms with Gasteiger partial charge in [-0.05, 0) is 49.6 Å². The number of hydrogen-bond donors (Lipinski definition) is 0. The van der Waals surface area contributed by atoms with E-state index in [1.54, 1.807) is 7.11 Å². The number of carbonyl (C=O) groups excluding carboxylic acids is 3. The standard InChI is InChI=1S/C22H23NO5/c1-14-5-6-15(2)17(11-14)13-28-22(26)16-7-8-18-19(12-16)21(25)23(20(18)24)9-4-10-27-3/h5-8,11-12H,4,9-10,13H2,1-3H3. The molecule has 6 heteroatoms. The van der Waals surface area contributed by atoms with Gasteiger partial charge in [0.05, 0.1) is 16.7 Å². The molecule has 0 aliphatic carbocycles. The lowest BCUT2D eigenvalue weighted by Gasteiger charge is -2.12. The molecule has 2 aromatic rings. The van der Waals surface area contributed by atoms with Gasteiger partial charge in [0, 0.05) is 20.3 Å². The predicted molar refractivity (Wildman–Crippen MR) is 103 cm³/mol. The van der Waals surface area contributed by atoms with E-state index in [4.69, 9.17) is 9.47 Å². The highest BCUT2D eigenvalue weighted by Crippen LogP contribution is 2.25. The molecule has 2 amide bonds. The second-order valence-electron chi connectivity index (χ2n) is 6.87. The van der Waals surface area contributed by atoms with Crippen molar-refractivity contribution in [3.63, 3.8) is 0 Å². The van der Waals surface area contributed by atoms with Crippen molar-refractivity contribution in [3.05, 3.63) is 69.8 Å². The van der Waals surface area contributed by atoms with Gasteiger partial charge >= 0.3 is 5.97 Å². The summed E-state index contributed by atoms with van der Waals surface area (Å²) in [5.41, 5.74) is 3.87. The van der Waals surface area contributed by atoms with Crippen LogP contribution in [0, 0.1) is 13.8 Å². The SMILES string of the molecule is COCCCN1C(=O)c2ccc(C(=O)OCc3cc(C)ccc3C)cc2C1=O. The topological polar surface area (TPSA) is 72.9 Å². The summed E-state index contributed by atoms with van der Waals surface area (Å²) in [5.74, 6) is -1.26. The van der Waals surface area contributed by atoms with Crippen molar-refractivity contribution in [2.75, 3.05) is 20.3 Å². The fourth-order valence-corrected chi connectivity index (χ4v) is 3.17. The molecule has 6 nitrogen and oxygen atoms in total. The summed E-state index contributed by atoms with van der Waals surface area (Å²) in [6.07, 6.45) is 0.562. The third kappa shape index (κ3) is 3.97. The number of esters is 1. The zero-order chi connectivity index (χ0) is 20.3. The molecular formula is C22H23NO5. The van der Waals surface area contributed by atoms with Gasteiger partial charge in [0.2, 0.25) is 0 Å². The van der Waals surface area contributed by atoms with E-state index in [1.807, 2.05) is 32.0 Å². The Morgan fingerprint density at radius 2 is 1.75 bits per heavy atom. The number of benzene rings is 2. The number of amides is 2. The molecule has 0 saturated carbocycles. The number of aryl methyl sites for hydroxylation is 2. The second-order valence-corrected chi connectivity index (χ2v) is 6.87. The Balaban J connectivity index is 1.72. The number of nitrogens with zero attached hydrogens (tertiary/aromatic N) is 1. The van der Waals surface area contributed by atoms with Crippen molar-refractivity contribution in [1.82, 2.24) is 4.90 Å². The third-order valence-electron chi connectivity index (χ3n) is 4.80. The largest absolute Gasteiger partial charge is 0.457 e. The van der Waals surface area contributed by atoms with Gasteiger partial charge in [-0.25, -0.2) is 4.79 Å². The molecule has 28 heavy (non-hydrogen) atoms. The Hall–Kier alpha value is -2.99. The summed E-state index contributed by atoms with van der Waals surface area (Å²) in [5, 5.41) is 0. The summed E-state index contributed by atoms with van der Waals surface area (Å²) < 4.78 is 10.4. The Labute approximate surface area is 164 Å². The van der Waals surface area contributed by atoms with Gasteiger partial charge in [-0.3, -0.25) is 14.5 Å². The van der Waals surface area contributed by atoms with Gasteiger partial charge in [0.15, 0.2) is 0 Å². The molecular weight excluding hydrogens is 358 g/mol. The Morgan fingerprint density at radius 1 is 1.00 bits per heavy atom. The molecule has 0 saturated heterocycles. The summed E-state index contributed by atoms with van der Waals surface area (Å²) in [4.78, 5) is 38.6. The van der Waals surface area contributed by atoms with Crippen LogP contribution in [0.3, 0.4) is 0 Å². The number of imide groups is 1. The molecule has 0 spiro atoms. The van der Waals surface area contributed by atoms with Crippen molar-refractivity contribution in [3.8, 4) is 0 Å². The lowest BCUT2D eigenvalue weighted by atomic mass is 10.1. The molecule has 0 unspecified atom stereocenters. The molecule has 0 radical (unpaired) electrons. The van der Waals surface area contributed by atoms with E-state index in [9.17, 15) is 14.4 Å². The Kier molecular flexibility index (Phi) is 5.90. The molecule has 0 aromatic heterocycles. The van der Waals surface area contributed by atoms with Crippen LogP contribution >= 0.6 is 0 Å². The van der Waals surface area contributed by atoms with Gasteiger partial charge in [0.1, 0.15) is 6.61 Å². The van der Waals surface area contributed by atoms with Gasteiger partial charge in [-0.15, -0.1) is 0 Å². The van der Waals surface area contributed by atoms with Crippen LogP contribution in [-0.4, -0.2) is 42.9 Å². The first-order chi connectivity index (χ1) is 13.4. The molecule has 0 atom stereocenters. The van der Waals surface area contributed by atoms with Crippen LogP contribution in [-0.2, 0) is 16.1 Å². The zero-order valence-electron chi connectivity index (χ0n) is 16.3. The lowest BCUT2D eigenvalue weighted by molar-refractivity contribution is 0.0471. The van der Waals surface area contributed by atoms with Crippen molar-refractivity contribution in [2.24, 2.45) is 0 Å². The van der Waals surface area contributed by atoms with Crippen LogP contribution in [0.1, 0.15) is 54.2 Å². The summed E-state index contributed by atoms with van der Waals surface area (Å²) in [6.45, 7) is 4.84. The zero-order valence-corrected chi connectivity index (χ0v) is 16.3. The summed E-state index contributed by atoms with van der Waals surface area (Å²) in [7, 11) is 1.57. The van der Waals surface area contributed by atoms with Crippen LogP contribution in [0.4, 0.5) is 0 Å². The highest BCUT2D eigenvalue weighted by Gasteiger charge is 2.35. The fraction of sp³-hybridized carbons (Fsp3) is 0.318. The molecule has 146 valence electrons. The van der Waals surface area contributed by atoms with Gasteiger partial charge in [0.25, 0.3) is 11.8 Å². The molecule has 1 aliphatic rings. The third-order valence-corrected chi connectivity index (χ3v) is 4.80. The molecule has 1 heterocycles. The molecule has 0 N–H and O–H groups in total. The minimum Gasteiger partial charge on any atom is -0.457 e.